The van der Waals surface area contributed by atoms with Crippen LogP contribution < -0.4 is 4.74 Å². The highest BCUT2D eigenvalue weighted by Gasteiger charge is 2.45. The number of likely N-dealkylation sites (tertiary alicyclic amines) is 1. The number of phenols is 1. The summed E-state index contributed by atoms with van der Waals surface area (Å²) in [6, 6.07) is 12.3. The zero-order valence-electron chi connectivity index (χ0n) is 20.2. The number of phenolic OH excluding ortho intramolecular Hbond substituents is 1. The normalized spacial score (nSPS) is 17.7. The van der Waals surface area contributed by atoms with Crippen LogP contribution in [0.2, 0.25) is 0 Å². The topological polar surface area (TPSA) is 96.3 Å². The number of carbonyl (C=O) groups is 2. The third-order valence-electron chi connectivity index (χ3n) is 5.45. The van der Waals surface area contributed by atoms with Gasteiger partial charge in [0.25, 0.3) is 11.7 Å². The second kappa shape index (κ2) is 11.2. The van der Waals surface area contributed by atoms with Crippen LogP contribution in [0, 0.1) is 5.92 Å². The molecule has 1 saturated heterocycles. The number of amides is 1. The van der Waals surface area contributed by atoms with Crippen molar-refractivity contribution in [2.24, 2.45) is 5.92 Å². The zero-order valence-corrected chi connectivity index (χ0v) is 20.2. The molecule has 7 nitrogen and oxygen atoms in total. The average Bonchev–Trinajstić information content (AvgIpc) is 3.05. The van der Waals surface area contributed by atoms with Crippen molar-refractivity contribution in [3.8, 4) is 11.5 Å². The molecular weight excluding hydrogens is 434 g/mol. The number of aliphatic hydroxyl groups excluding tert-OH is 1. The van der Waals surface area contributed by atoms with Crippen LogP contribution in [-0.4, -0.2) is 52.7 Å². The molecular formula is C27H33NO6. The third-order valence-corrected chi connectivity index (χ3v) is 5.45. The van der Waals surface area contributed by atoms with Crippen molar-refractivity contribution in [2.75, 3.05) is 19.8 Å². The van der Waals surface area contributed by atoms with E-state index >= 15 is 0 Å². The van der Waals surface area contributed by atoms with Crippen LogP contribution in [0.4, 0.5) is 0 Å². The van der Waals surface area contributed by atoms with Crippen molar-refractivity contribution in [1.82, 2.24) is 4.90 Å². The maximum atomic E-state index is 13.1. The Morgan fingerprint density at radius 3 is 2.24 bits per heavy atom. The molecule has 2 N–H and O–H groups in total. The number of benzene rings is 2. The number of ether oxygens (including phenoxy) is 2. The fraction of sp³-hybridized carbons (Fsp3) is 0.407. The van der Waals surface area contributed by atoms with E-state index in [1.54, 1.807) is 36.4 Å². The number of aliphatic hydroxyl groups is 1. The number of hydrogen-bond donors (Lipinski definition) is 2. The van der Waals surface area contributed by atoms with Gasteiger partial charge in [-0.1, -0.05) is 26.0 Å². The summed E-state index contributed by atoms with van der Waals surface area (Å²) in [4.78, 5) is 27.5. The quantitative estimate of drug-likeness (QED) is 0.228. The van der Waals surface area contributed by atoms with Crippen LogP contribution >= 0.6 is 0 Å². The predicted molar refractivity (Wildman–Crippen MR) is 130 cm³/mol. The van der Waals surface area contributed by atoms with Gasteiger partial charge in [0.15, 0.2) is 0 Å². The number of Topliss-reactive ketones (excluding diaryl/α,β-unsaturated/α-hetero) is 1. The van der Waals surface area contributed by atoms with Gasteiger partial charge < -0.3 is 24.6 Å². The van der Waals surface area contributed by atoms with Gasteiger partial charge in [-0.2, -0.15) is 0 Å². The summed E-state index contributed by atoms with van der Waals surface area (Å²) in [5.41, 5.74) is 1.07. The lowest BCUT2D eigenvalue weighted by molar-refractivity contribution is -0.140. The summed E-state index contributed by atoms with van der Waals surface area (Å²) in [5, 5.41) is 20.8. The number of ketones is 1. The molecule has 3 rings (SSSR count). The summed E-state index contributed by atoms with van der Waals surface area (Å²) in [6.45, 7) is 9.28. The van der Waals surface area contributed by atoms with E-state index in [1.165, 1.54) is 17.0 Å². The molecule has 0 aliphatic carbocycles. The van der Waals surface area contributed by atoms with E-state index in [4.69, 9.17) is 9.47 Å². The highest BCUT2D eigenvalue weighted by Crippen LogP contribution is 2.40. The Morgan fingerprint density at radius 2 is 1.65 bits per heavy atom. The van der Waals surface area contributed by atoms with E-state index in [9.17, 15) is 19.8 Å². The summed E-state index contributed by atoms with van der Waals surface area (Å²) in [7, 11) is 0. The van der Waals surface area contributed by atoms with Crippen molar-refractivity contribution >= 4 is 17.4 Å². The van der Waals surface area contributed by atoms with Gasteiger partial charge in [-0.15, -0.1) is 0 Å². The molecule has 0 spiro atoms. The maximum Gasteiger partial charge on any atom is 0.295 e. The van der Waals surface area contributed by atoms with Crippen molar-refractivity contribution in [2.45, 2.75) is 46.3 Å². The van der Waals surface area contributed by atoms with Gasteiger partial charge in [0.1, 0.15) is 17.3 Å². The molecule has 1 atom stereocenters. The number of carbonyl (C=O) groups excluding carboxylic acids is 2. The Labute approximate surface area is 200 Å². The Morgan fingerprint density at radius 1 is 1.00 bits per heavy atom. The van der Waals surface area contributed by atoms with Crippen LogP contribution in [-0.2, 0) is 14.3 Å². The molecule has 182 valence electrons. The molecule has 0 saturated carbocycles. The van der Waals surface area contributed by atoms with E-state index in [2.05, 4.69) is 13.8 Å². The molecule has 1 heterocycles. The molecule has 1 amide bonds. The van der Waals surface area contributed by atoms with Crippen molar-refractivity contribution < 1.29 is 29.3 Å². The third kappa shape index (κ3) is 5.97. The molecule has 1 fully saturated rings. The molecule has 2 aromatic rings. The van der Waals surface area contributed by atoms with E-state index in [1.807, 2.05) is 13.8 Å². The zero-order chi connectivity index (χ0) is 24.8. The van der Waals surface area contributed by atoms with Crippen molar-refractivity contribution in [3.05, 3.63) is 65.2 Å². The van der Waals surface area contributed by atoms with Gasteiger partial charge in [-0.25, -0.2) is 0 Å². The van der Waals surface area contributed by atoms with Gasteiger partial charge >= 0.3 is 0 Å². The molecule has 0 radical (unpaired) electrons. The fourth-order valence-electron chi connectivity index (χ4n) is 3.80. The Bertz CT molecular complexity index is 1020. The standard InChI is InChI=1S/C27H33NO6/c1-17(2)16-34-22-12-8-20(9-13-22)25(30)23-24(19-6-10-21(29)11-7-19)28(27(32)26(23)31)14-5-15-33-18(3)4/h6-13,17-18,24,29-30H,5,14-16H2,1-4H3/b25-23-. The summed E-state index contributed by atoms with van der Waals surface area (Å²) >= 11 is 0. The lowest BCUT2D eigenvalue weighted by Gasteiger charge is -2.25. The van der Waals surface area contributed by atoms with Crippen LogP contribution in [0.25, 0.3) is 5.76 Å². The summed E-state index contributed by atoms with van der Waals surface area (Å²) < 4.78 is 11.3. The first-order valence-corrected chi connectivity index (χ1v) is 11.6. The number of hydrogen-bond acceptors (Lipinski definition) is 6. The smallest absolute Gasteiger partial charge is 0.295 e. The molecule has 0 bridgehead atoms. The Kier molecular flexibility index (Phi) is 8.34. The molecule has 1 unspecified atom stereocenters. The highest BCUT2D eigenvalue weighted by atomic mass is 16.5. The maximum absolute atomic E-state index is 13.1. The molecule has 34 heavy (non-hydrogen) atoms. The predicted octanol–water partition coefficient (Wildman–Crippen LogP) is 4.66. The van der Waals surface area contributed by atoms with E-state index < -0.39 is 17.7 Å². The van der Waals surface area contributed by atoms with Crippen LogP contribution in [0.1, 0.15) is 51.3 Å². The molecule has 0 aromatic heterocycles. The minimum Gasteiger partial charge on any atom is -0.508 e. The minimum absolute atomic E-state index is 0.0244. The second-order valence-electron chi connectivity index (χ2n) is 9.09. The first-order valence-electron chi connectivity index (χ1n) is 11.6. The Balaban J connectivity index is 1.95. The second-order valence-corrected chi connectivity index (χ2v) is 9.09. The highest BCUT2D eigenvalue weighted by molar-refractivity contribution is 6.46. The average molecular weight is 468 g/mol. The lowest BCUT2D eigenvalue weighted by Crippen LogP contribution is -2.31. The van der Waals surface area contributed by atoms with E-state index in [0.29, 0.717) is 49.0 Å². The summed E-state index contributed by atoms with van der Waals surface area (Å²) in [6.07, 6.45) is 0.609. The SMILES string of the molecule is CC(C)COc1ccc(/C(O)=C2/C(=O)C(=O)N(CCCOC(C)C)C2c2ccc(O)cc2)cc1. The lowest BCUT2D eigenvalue weighted by atomic mass is 9.95. The van der Waals surface area contributed by atoms with Crippen molar-refractivity contribution in [3.63, 3.8) is 0 Å². The monoisotopic (exact) mass is 467 g/mol. The molecule has 1 aliphatic heterocycles. The van der Waals surface area contributed by atoms with Crippen molar-refractivity contribution in [1.29, 1.82) is 0 Å². The molecule has 2 aromatic carbocycles. The minimum atomic E-state index is -0.767. The molecule has 7 heteroatoms. The molecule has 1 aliphatic rings. The largest absolute Gasteiger partial charge is 0.508 e. The van der Waals surface area contributed by atoms with Gasteiger partial charge in [0.05, 0.1) is 24.3 Å². The van der Waals surface area contributed by atoms with Gasteiger partial charge in [-0.05, 0) is 68.1 Å². The van der Waals surface area contributed by atoms with Crippen LogP contribution in [0.5, 0.6) is 11.5 Å². The van der Waals surface area contributed by atoms with Crippen LogP contribution in [0.3, 0.4) is 0 Å². The van der Waals surface area contributed by atoms with E-state index in [-0.39, 0.29) is 23.2 Å². The van der Waals surface area contributed by atoms with Gasteiger partial charge in [0.2, 0.25) is 0 Å². The number of aromatic hydroxyl groups is 1. The summed E-state index contributed by atoms with van der Waals surface area (Å²) in [5.74, 6) is -0.538. The first-order chi connectivity index (χ1) is 16.2. The van der Waals surface area contributed by atoms with E-state index in [0.717, 1.165) is 0 Å². The first kappa shape index (κ1) is 25.3. The number of rotatable bonds is 10. The number of nitrogens with zero attached hydrogens (tertiary/aromatic N) is 1. The van der Waals surface area contributed by atoms with Gasteiger partial charge in [0, 0.05) is 18.7 Å². The fourth-order valence-corrected chi connectivity index (χ4v) is 3.80. The Hall–Kier alpha value is -3.32. The van der Waals surface area contributed by atoms with Crippen LogP contribution in [0.15, 0.2) is 54.1 Å². The van der Waals surface area contributed by atoms with Gasteiger partial charge in [-0.3, -0.25) is 9.59 Å².